The van der Waals surface area contributed by atoms with Crippen LogP contribution in [0.4, 0.5) is 5.13 Å². The minimum atomic E-state index is -0.423. The van der Waals surface area contributed by atoms with Gasteiger partial charge < -0.3 is 9.64 Å². The van der Waals surface area contributed by atoms with Gasteiger partial charge in [-0.05, 0) is 31.3 Å². The number of benzene rings is 1. The van der Waals surface area contributed by atoms with E-state index in [1.54, 1.807) is 24.3 Å². The lowest BCUT2D eigenvalue weighted by atomic mass is 10.1. The number of carbonyl (C=O) groups is 2. The van der Waals surface area contributed by atoms with Gasteiger partial charge in [0.05, 0.1) is 18.4 Å². The third-order valence-corrected chi connectivity index (χ3v) is 4.71. The second kappa shape index (κ2) is 7.74. The van der Waals surface area contributed by atoms with Crippen LogP contribution in [0.25, 0.3) is 0 Å². The number of nitrogens with zero attached hydrogens (tertiary/aromatic N) is 2. The number of ether oxygens (including phenoxy) is 1. The largest absolute Gasteiger partial charge is 0.465 e. The first-order chi connectivity index (χ1) is 11.1. The summed E-state index contributed by atoms with van der Waals surface area (Å²) in [6.07, 6.45) is 0.909. The lowest BCUT2D eigenvalue weighted by Gasteiger charge is -2.20. The standard InChI is InChI=1S/C16H17N3O3S.ClH/c1-19-8-7-12-13(9-19)23-16(17-12)18-14(20)10-3-5-11(6-4-10)15(21)22-2;/h3-6H,7-9H2,1-2H3,(H,17,18,20);1H. The highest BCUT2D eigenvalue weighted by Crippen LogP contribution is 2.28. The summed E-state index contributed by atoms with van der Waals surface area (Å²) in [4.78, 5) is 31.6. The zero-order chi connectivity index (χ0) is 16.4. The van der Waals surface area contributed by atoms with E-state index in [4.69, 9.17) is 0 Å². The molecule has 24 heavy (non-hydrogen) atoms. The fourth-order valence-electron chi connectivity index (χ4n) is 2.42. The van der Waals surface area contributed by atoms with E-state index in [-0.39, 0.29) is 18.3 Å². The number of fused-ring (bicyclic) bond motifs is 1. The normalized spacial score (nSPS) is 13.6. The molecule has 0 fully saturated rings. The number of hydrogen-bond acceptors (Lipinski definition) is 6. The van der Waals surface area contributed by atoms with E-state index in [9.17, 15) is 9.59 Å². The molecule has 6 nitrogen and oxygen atoms in total. The van der Waals surface area contributed by atoms with Crippen molar-refractivity contribution in [2.24, 2.45) is 0 Å². The van der Waals surface area contributed by atoms with Gasteiger partial charge in [0.2, 0.25) is 0 Å². The van der Waals surface area contributed by atoms with Gasteiger partial charge in [0.15, 0.2) is 5.13 Å². The molecule has 1 aliphatic rings. The van der Waals surface area contributed by atoms with Gasteiger partial charge >= 0.3 is 5.97 Å². The van der Waals surface area contributed by atoms with Crippen molar-refractivity contribution in [1.82, 2.24) is 9.88 Å². The molecule has 1 aliphatic heterocycles. The zero-order valence-corrected chi connectivity index (χ0v) is 15.0. The molecule has 1 N–H and O–H groups in total. The third-order valence-electron chi connectivity index (χ3n) is 3.71. The van der Waals surface area contributed by atoms with E-state index in [0.717, 1.165) is 25.2 Å². The summed E-state index contributed by atoms with van der Waals surface area (Å²) in [5.74, 6) is -0.658. The van der Waals surface area contributed by atoms with Crippen molar-refractivity contribution in [2.75, 3.05) is 26.0 Å². The van der Waals surface area contributed by atoms with E-state index < -0.39 is 5.97 Å². The number of likely N-dealkylation sites (N-methyl/N-ethyl adjacent to an activating group) is 1. The number of carbonyl (C=O) groups excluding carboxylic acids is 2. The van der Waals surface area contributed by atoms with Crippen LogP contribution in [0.5, 0.6) is 0 Å². The number of thiazole rings is 1. The minimum Gasteiger partial charge on any atom is -0.465 e. The second-order valence-corrected chi connectivity index (χ2v) is 6.48. The number of hydrogen-bond donors (Lipinski definition) is 1. The summed E-state index contributed by atoms with van der Waals surface area (Å²) in [6, 6.07) is 6.34. The van der Waals surface area contributed by atoms with Crippen LogP contribution >= 0.6 is 23.7 Å². The Balaban J connectivity index is 0.00000208. The molecule has 128 valence electrons. The van der Waals surface area contributed by atoms with Crippen molar-refractivity contribution < 1.29 is 14.3 Å². The van der Waals surface area contributed by atoms with E-state index >= 15 is 0 Å². The summed E-state index contributed by atoms with van der Waals surface area (Å²) >= 11 is 1.51. The smallest absolute Gasteiger partial charge is 0.337 e. The average molecular weight is 368 g/mol. The number of amides is 1. The first kappa shape index (κ1) is 18.4. The van der Waals surface area contributed by atoms with Gasteiger partial charge in [0, 0.05) is 30.0 Å². The Hall–Kier alpha value is -1.96. The van der Waals surface area contributed by atoms with Crippen molar-refractivity contribution in [2.45, 2.75) is 13.0 Å². The van der Waals surface area contributed by atoms with Crippen molar-refractivity contribution in [3.05, 3.63) is 46.0 Å². The van der Waals surface area contributed by atoms with Crippen molar-refractivity contribution in [1.29, 1.82) is 0 Å². The number of methoxy groups -OCH3 is 1. The molecule has 0 unspecified atom stereocenters. The quantitative estimate of drug-likeness (QED) is 0.844. The summed E-state index contributed by atoms with van der Waals surface area (Å²) < 4.78 is 4.64. The van der Waals surface area contributed by atoms with Crippen LogP contribution in [0.15, 0.2) is 24.3 Å². The topological polar surface area (TPSA) is 71.5 Å². The minimum absolute atomic E-state index is 0. The van der Waals surface area contributed by atoms with Crippen LogP contribution < -0.4 is 5.32 Å². The Morgan fingerprint density at radius 2 is 1.92 bits per heavy atom. The summed E-state index contributed by atoms with van der Waals surface area (Å²) in [7, 11) is 3.40. The molecule has 3 rings (SSSR count). The fourth-order valence-corrected chi connectivity index (χ4v) is 3.50. The molecule has 0 bridgehead atoms. The van der Waals surface area contributed by atoms with Crippen LogP contribution in [0.2, 0.25) is 0 Å². The second-order valence-electron chi connectivity index (χ2n) is 5.40. The number of anilines is 1. The fraction of sp³-hybridized carbons (Fsp3) is 0.312. The van der Waals surface area contributed by atoms with Crippen LogP contribution in [0.3, 0.4) is 0 Å². The molecule has 0 saturated carbocycles. The van der Waals surface area contributed by atoms with E-state index in [0.29, 0.717) is 16.3 Å². The first-order valence-corrected chi connectivity index (χ1v) is 8.05. The maximum Gasteiger partial charge on any atom is 0.337 e. The molecule has 2 heterocycles. The number of esters is 1. The molecular formula is C16H18ClN3O3S. The molecule has 1 amide bonds. The Morgan fingerprint density at radius 1 is 1.25 bits per heavy atom. The third kappa shape index (κ3) is 3.92. The van der Waals surface area contributed by atoms with Crippen LogP contribution in [-0.4, -0.2) is 42.5 Å². The predicted octanol–water partition coefficient (Wildman–Crippen LogP) is 2.59. The van der Waals surface area contributed by atoms with E-state index in [1.807, 2.05) is 0 Å². The lowest BCUT2D eigenvalue weighted by molar-refractivity contribution is 0.0600. The van der Waals surface area contributed by atoms with Crippen LogP contribution in [0, 0.1) is 0 Å². The van der Waals surface area contributed by atoms with Crippen LogP contribution in [0.1, 0.15) is 31.3 Å². The summed E-state index contributed by atoms with van der Waals surface area (Å²) in [6.45, 7) is 1.86. The SMILES string of the molecule is COC(=O)c1ccc(C(=O)Nc2nc3c(s2)CN(C)CC3)cc1.Cl. The Labute approximate surface area is 150 Å². The monoisotopic (exact) mass is 367 g/mol. The summed E-state index contributed by atoms with van der Waals surface area (Å²) in [5.41, 5.74) is 1.96. The molecule has 8 heteroatoms. The van der Waals surface area contributed by atoms with Gasteiger partial charge in [-0.2, -0.15) is 0 Å². The molecule has 0 radical (unpaired) electrons. The number of nitrogens with one attached hydrogen (secondary N) is 1. The molecule has 1 aromatic carbocycles. The molecule has 0 atom stereocenters. The molecular weight excluding hydrogens is 350 g/mol. The van der Waals surface area contributed by atoms with Crippen molar-refractivity contribution in [3.8, 4) is 0 Å². The molecule has 0 saturated heterocycles. The van der Waals surface area contributed by atoms with Gasteiger partial charge in [-0.25, -0.2) is 9.78 Å². The average Bonchev–Trinajstić information content (AvgIpc) is 2.95. The molecule has 0 aliphatic carbocycles. The van der Waals surface area contributed by atoms with E-state index in [1.165, 1.54) is 23.3 Å². The van der Waals surface area contributed by atoms with E-state index in [2.05, 4.69) is 27.0 Å². The first-order valence-electron chi connectivity index (χ1n) is 7.23. The Bertz CT molecular complexity index is 746. The number of rotatable bonds is 3. The Morgan fingerprint density at radius 3 is 2.58 bits per heavy atom. The Kier molecular flexibility index (Phi) is 5.93. The van der Waals surface area contributed by atoms with Gasteiger partial charge in [0.1, 0.15) is 0 Å². The number of halogens is 1. The van der Waals surface area contributed by atoms with Gasteiger partial charge in [0.25, 0.3) is 5.91 Å². The molecule has 0 spiro atoms. The highest BCUT2D eigenvalue weighted by Gasteiger charge is 2.19. The highest BCUT2D eigenvalue weighted by atomic mass is 35.5. The predicted molar refractivity (Wildman–Crippen MR) is 95.1 cm³/mol. The number of aromatic nitrogens is 1. The lowest BCUT2D eigenvalue weighted by Crippen LogP contribution is -2.25. The molecule has 2 aromatic rings. The molecule has 1 aromatic heterocycles. The van der Waals surface area contributed by atoms with Gasteiger partial charge in [-0.15, -0.1) is 23.7 Å². The van der Waals surface area contributed by atoms with Gasteiger partial charge in [-0.1, -0.05) is 0 Å². The highest BCUT2D eigenvalue weighted by molar-refractivity contribution is 7.15. The maximum atomic E-state index is 12.3. The summed E-state index contributed by atoms with van der Waals surface area (Å²) in [5, 5.41) is 3.44. The zero-order valence-electron chi connectivity index (χ0n) is 13.4. The van der Waals surface area contributed by atoms with Crippen LogP contribution in [-0.2, 0) is 17.7 Å². The van der Waals surface area contributed by atoms with Gasteiger partial charge in [-0.3, -0.25) is 10.1 Å². The van der Waals surface area contributed by atoms with Crippen molar-refractivity contribution >= 4 is 40.8 Å². The van der Waals surface area contributed by atoms with Crippen molar-refractivity contribution in [3.63, 3.8) is 0 Å². The maximum absolute atomic E-state index is 12.3.